The molecule has 0 spiro atoms. The molecule has 0 aromatic heterocycles. The number of hydrogen-bond acceptors (Lipinski definition) is 2. The molecule has 4 nitrogen and oxygen atoms in total. The maximum atomic E-state index is 9.97. The summed E-state index contributed by atoms with van der Waals surface area (Å²) in [5.41, 5.74) is 0. The fraction of sp³-hybridized carbons (Fsp3) is 0.500. The van der Waals surface area contributed by atoms with Crippen molar-refractivity contribution in [1.82, 2.24) is 0 Å². The minimum absolute atomic E-state index is 0.0111. The van der Waals surface area contributed by atoms with Gasteiger partial charge in [0.25, 0.3) is 0 Å². The van der Waals surface area contributed by atoms with Crippen LogP contribution in [0.1, 0.15) is 0 Å². The molecule has 0 aromatic rings. The molecule has 0 amide bonds. The molecule has 0 heterocycles. The summed E-state index contributed by atoms with van der Waals surface area (Å²) < 4.78 is 36.3. The normalized spacial score (nSPS) is 17.4. The largest absolute Gasteiger partial charge is 0.306 e. The molecule has 0 fully saturated rings. The first-order valence-electron chi connectivity index (χ1n) is 2.43. The van der Waals surface area contributed by atoms with Gasteiger partial charge in [-0.3, -0.25) is 0 Å². The molecule has 0 aliphatic rings. The fourth-order valence-corrected chi connectivity index (χ4v) is 0.902. The standard InChI is InChI=1S/C4H8O4S2/c5-9(6)3-1-2-4-10(7)8/h1-2H,3-4H2,(H,5,6)(H,7,8)/b2-1+. The van der Waals surface area contributed by atoms with Gasteiger partial charge < -0.3 is 9.11 Å². The summed E-state index contributed by atoms with van der Waals surface area (Å²) in [6, 6.07) is 0. The highest BCUT2D eigenvalue weighted by Crippen LogP contribution is 1.80. The van der Waals surface area contributed by atoms with Gasteiger partial charge in [0.2, 0.25) is 0 Å². The van der Waals surface area contributed by atoms with Crippen LogP contribution in [0.3, 0.4) is 0 Å². The SMILES string of the molecule is O=S(O)C/C=C/CS(=O)O. The van der Waals surface area contributed by atoms with E-state index in [-0.39, 0.29) is 11.5 Å². The molecule has 6 heteroatoms. The minimum Gasteiger partial charge on any atom is -0.306 e. The highest BCUT2D eigenvalue weighted by Gasteiger charge is 1.87. The van der Waals surface area contributed by atoms with E-state index >= 15 is 0 Å². The van der Waals surface area contributed by atoms with Gasteiger partial charge in [0.15, 0.2) is 22.2 Å². The van der Waals surface area contributed by atoms with Crippen LogP contribution < -0.4 is 0 Å². The molecule has 2 N–H and O–H groups in total. The molecule has 2 unspecified atom stereocenters. The van der Waals surface area contributed by atoms with Crippen LogP contribution in [0.25, 0.3) is 0 Å². The number of hydrogen-bond donors (Lipinski definition) is 2. The van der Waals surface area contributed by atoms with E-state index in [1.165, 1.54) is 12.2 Å². The van der Waals surface area contributed by atoms with E-state index in [2.05, 4.69) is 0 Å². The van der Waals surface area contributed by atoms with E-state index in [9.17, 15) is 8.42 Å². The minimum atomic E-state index is -1.85. The van der Waals surface area contributed by atoms with Crippen molar-refractivity contribution < 1.29 is 17.5 Å². The van der Waals surface area contributed by atoms with Crippen LogP contribution in [-0.4, -0.2) is 29.0 Å². The Morgan fingerprint density at radius 3 is 1.50 bits per heavy atom. The van der Waals surface area contributed by atoms with Gasteiger partial charge in [0.1, 0.15) is 0 Å². The van der Waals surface area contributed by atoms with Crippen LogP contribution in [0.4, 0.5) is 0 Å². The van der Waals surface area contributed by atoms with Crippen LogP contribution in [0, 0.1) is 0 Å². The molecule has 60 valence electrons. The average Bonchev–Trinajstić information content (AvgIpc) is 1.79. The highest BCUT2D eigenvalue weighted by atomic mass is 32.2. The van der Waals surface area contributed by atoms with E-state index in [0.717, 1.165) is 0 Å². The van der Waals surface area contributed by atoms with Gasteiger partial charge >= 0.3 is 0 Å². The predicted octanol–water partition coefficient (Wildman–Crippen LogP) is -0.0140. The molecule has 0 aliphatic carbocycles. The lowest BCUT2D eigenvalue weighted by atomic mass is 10.6. The maximum Gasteiger partial charge on any atom is 0.156 e. The summed E-state index contributed by atoms with van der Waals surface area (Å²) in [5, 5.41) is 0. The molecule has 0 saturated heterocycles. The molecule has 0 aromatic carbocycles. The van der Waals surface area contributed by atoms with Gasteiger partial charge in [-0.25, -0.2) is 8.42 Å². The third-order valence-electron chi connectivity index (χ3n) is 0.644. The molecule has 0 radical (unpaired) electrons. The Balaban J connectivity index is 3.38. The third-order valence-corrected chi connectivity index (χ3v) is 1.60. The van der Waals surface area contributed by atoms with Crippen molar-refractivity contribution in [1.29, 1.82) is 0 Å². The Labute approximate surface area is 63.9 Å². The second kappa shape index (κ2) is 5.72. The van der Waals surface area contributed by atoms with Crippen molar-refractivity contribution in [2.75, 3.05) is 11.5 Å². The Hall–Kier alpha value is -0.0400. The summed E-state index contributed by atoms with van der Waals surface area (Å²) in [6.07, 6.45) is 2.79. The Kier molecular flexibility index (Phi) is 5.70. The second-order valence-corrected chi connectivity index (χ2v) is 3.40. The van der Waals surface area contributed by atoms with Crippen molar-refractivity contribution in [3.05, 3.63) is 12.2 Å². The summed E-state index contributed by atoms with van der Waals surface area (Å²) in [7, 11) is 0. The topological polar surface area (TPSA) is 74.6 Å². The van der Waals surface area contributed by atoms with E-state index in [1.807, 2.05) is 0 Å². The number of rotatable bonds is 4. The van der Waals surface area contributed by atoms with Gasteiger partial charge in [0.05, 0.1) is 11.5 Å². The quantitative estimate of drug-likeness (QED) is 0.476. The first kappa shape index (κ1) is 9.96. The average molecular weight is 184 g/mol. The molecular formula is C4H8O4S2. The molecular weight excluding hydrogens is 176 g/mol. The molecule has 0 saturated carbocycles. The van der Waals surface area contributed by atoms with Crippen molar-refractivity contribution in [2.45, 2.75) is 0 Å². The van der Waals surface area contributed by atoms with Crippen molar-refractivity contribution in [2.24, 2.45) is 0 Å². The van der Waals surface area contributed by atoms with Crippen molar-refractivity contribution in [3.8, 4) is 0 Å². The summed E-state index contributed by atoms with van der Waals surface area (Å²) in [6.45, 7) is 0. The van der Waals surface area contributed by atoms with Crippen molar-refractivity contribution in [3.63, 3.8) is 0 Å². The van der Waals surface area contributed by atoms with Crippen molar-refractivity contribution >= 4 is 22.2 Å². The molecule has 0 aliphatic heterocycles. The van der Waals surface area contributed by atoms with Crippen LogP contribution >= 0.6 is 0 Å². The zero-order valence-electron chi connectivity index (χ0n) is 5.10. The fourth-order valence-electron chi connectivity index (χ4n) is 0.301. The predicted molar refractivity (Wildman–Crippen MR) is 40.4 cm³/mol. The van der Waals surface area contributed by atoms with Crippen LogP contribution in [-0.2, 0) is 22.2 Å². The first-order valence-corrected chi connectivity index (χ1v) is 4.98. The molecule has 0 rings (SSSR count). The Bertz CT molecular complexity index is 147. The zero-order chi connectivity index (χ0) is 7.98. The lowest BCUT2D eigenvalue weighted by molar-refractivity contribution is 0.565. The third kappa shape index (κ3) is 7.96. The van der Waals surface area contributed by atoms with E-state index in [1.54, 1.807) is 0 Å². The Morgan fingerprint density at radius 1 is 1.00 bits per heavy atom. The summed E-state index contributed by atoms with van der Waals surface area (Å²) >= 11 is -3.70. The summed E-state index contributed by atoms with van der Waals surface area (Å²) in [5.74, 6) is 0.0222. The van der Waals surface area contributed by atoms with E-state index < -0.39 is 22.2 Å². The zero-order valence-corrected chi connectivity index (χ0v) is 6.73. The lowest BCUT2D eigenvalue weighted by Crippen LogP contribution is -1.93. The molecule has 2 atom stereocenters. The van der Waals surface area contributed by atoms with Gasteiger partial charge in [0, 0.05) is 0 Å². The van der Waals surface area contributed by atoms with Gasteiger partial charge in [-0.2, -0.15) is 0 Å². The van der Waals surface area contributed by atoms with Crippen LogP contribution in [0.5, 0.6) is 0 Å². The van der Waals surface area contributed by atoms with Gasteiger partial charge in [-0.1, -0.05) is 12.2 Å². The van der Waals surface area contributed by atoms with Gasteiger partial charge in [-0.15, -0.1) is 0 Å². The van der Waals surface area contributed by atoms with Gasteiger partial charge in [-0.05, 0) is 0 Å². The maximum absolute atomic E-state index is 9.97. The molecule has 0 bridgehead atoms. The smallest absolute Gasteiger partial charge is 0.156 e. The first-order chi connectivity index (χ1) is 4.63. The monoisotopic (exact) mass is 184 g/mol. The summed E-state index contributed by atoms with van der Waals surface area (Å²) in [4.78, 5) is 0. The van der Waals surface area contributed by atoms with Crippen LogP contribution in [0.2, 0.25) is 0 Å². The lowest BCUT2D eigenvalue weighted by Gasteiger charge is -1.84. The van der Waals surface area contributed by atoms with Crippen LogP contribution in [0.15, 0.2) is 12.2 Å². The Morgan fingerprint density at radius 2 is 1.30 bits per heavy atom. The molecule has 10 heavy (non-hydrogen) atoms. The van der Waals surface area contributed by atoms with E-state index in [4.69, 9.17) is 9.11 Å². The highest BCUT2D eigenvalue weighted by molar-refractivity contribution is 7.79. The second-order valence-electron chi connectivity index (χ2n) is 1.45. The van der Waals surface area contributed by atoms with E-state index in [0.29, 0.717) is 0 Å².